The van der Waals surface area contributed by atoms with Crippen LogP contribution in [0.3, 0.4) is 0 Å². The molecule has 3 aromatic carbocycles. The minimum absolute atomic E-state index is 0.302. The third-order valence-corrected chi connectivity index (χ3v) is 5.08. The monoisotopic (exact) mass is 385 g/mol. The third kappa shape index (κ3) is 5.22. The largest absolute Gasteiger partial charge is 0.438 e. The quantitative estimate of drug-likeness (QED) is 0.235. The molecule has 3 aromatic rings. The van der Waals surface area contributed by atoms with Crippen LogP contribution in [-0.2, 0) is 0 Å². The topological polar surface area (TPSA) is 51.1 Å². The smallest absolute Gasteiger partial charge is 0.296 e. The van der Waals surface area contributed by atoms with Crippen LogP contribution >= 0.6 is 20.0 Å². The van der Waals surface area contributed by atoms with Crippen LogP contribution < -0.4 is 9.05 Å². The molecule has 0 spiro atoms. The highest BCUT2D eigenvalue weighted by molar-refractivity contribution is 7.49. The molecule has 132 valence electrons. The second kappa shape index (κ2) is 9.23. The Morgan fingerprint density at radius 1 is 0.846 bits per heavy atom. The fraction of sp³-hybridized carbons (Fsp3) is 0.0500. The van der Waals surface area contributed by atoms with Crippen LogP contribution in [0.15, 0.2) is 90.1 Å². The van der Waals surface area contributed by atoms with Gasteiger partial charge < -0.3 is 14.3 Å². The summed E-state index contributed by atoms with van der Waals surface area (Å²) in [5, 5.41) is 13.5. The Morgan fingerprint density at radius 2 is 1.42 bits per heavy atom. The SMILES string of the molecule is ON=C(CP(Oc1ccccc1)Oc1ccccc1)c1cccc(Cl)c1. The Kier molecular flexibility index (Phi) is 6.48. The fourth-order valence-corrected chi connectivity index (χ4v) is 3.81. The first-order valence-corrected chi connectivity index (χ1v) is 9.69. The summed E-state index contributed by atoms with van der Waals surface area (Å²) in [5.41, 5.74) is 1.17. The van der Waals surface area contributed by atoms with E-state index in [1.165, 1.54) is 0 Å². The van der Waals surface area contributed by atoms with Crippen molar-refractivity contribution >= 4 is 25.7 Å². The van der Waals surface area contributed by atoms with Gasteiger partial charge in [0.15, 0.2) is 0 Å². The van der Waals surface area contributed by atoms with Gasteiger partial charge in [-0.2, -0.15) is 0 Å². The van der Waals surface area contributed by atoms with Gasteiger partial charge in [-0.1, -0.05) is 65.3 Å². The summed E-state index contributed by atoms with van der Waals surface area (Å²) in [5.74, 6) is 1.39. The summed E-state index contributed by atoms with van der Waals surface area (Å²) in [6.45, 7) is 0. The van der Waals surface area contributed by atoms with Crippen molar-refractivity contribution in [3.05, 3.63) is 95.5 Å². The Hall–Kier alpha value is -2.55. The van der Waals surface area contributed by atoms with E-state index in [2.05, 4.69) is 5.16 Å². The number of nitrogens with zero attached hydrogens (tertiary/aromatic N) is 1. The predicted octanol–water partition coefficient (Wildman–Crippen LogP) is 5.99. The van der Waals surface area contributed by atoms with Crippen molar-refractivity contribution in [2.75, 3.05) is 6.16 Å². The number of benzene rings is 3. The average molecular weight is 386 g/mol. The molecule has 0 atom stereocenters. The number of para-hydroxylation sites is 2. The van der Waals surface area contributed by atoms with Crippen molar-refractivity contribution in [2.45, 2.75) is 0 Å². The average Bonchev–Trinajstić information content (AvgIpc) is 2.67. The van der Waals surface area contributed by atoms with Gasteiger partial charge in [-0.3, -0.25) is 0 Å². The lowest BCUT2D eigenvalue weighted by Crippen LogP contribution is -2.11. The highest BCUT2D eigenvalue weighted by Gasteiger charge is 2.20. The maximum absolute atomic E-state index is 9.50. The van der Waals surface area contributed by atoms with E-state index in [0.717, 1.165) is 5.56 Å². The molecule has 6 heteroatoms. The van der Waals surface area contributed by atoms with Gasteiger partial charge in [0.25, 0.3) is 8.38 Å². The first-order valence-electron chi connectivity index (χ1n) is 7.95. The van der Waals surface area contributed by atoms with E-state index in [9.17, 15) is 5.21 Å². The van der Waals surface area contributed by atoms with Crippen molar-refractivity contribution in [1.82, 2.24) is 0 Å². The molecule has 0 aliphatic rings. The van der Waals surface area contributed by atoms with Crippen LogP contribution in [0.2, 0.25) is 5.02 Å². The molecule has 26 heavy (non-hydrogen) atoms. The second-order valence-corrected chi connectivity index (χ2v) is 7.14. The van der Waals surface area contributed by atoms with E-state index >= 15 is 0 Å². The minimum Gasteiger partial charge on any atom is -0.438 e. The van der Waals surface area contributed by atoms with E-state index in [1.807, 2.05) is 66.7 Å². The molecule has 0 unspecified atom stereocenters. The van der Waals surface area contributed by atoms with Crippen molar-refractivity contribution in [2.24, 2.45) is 5.16 Å². The molecule has 0 radical (unpaired) electrons. The minimum atomic E-state index is -1.43. The van der Waals surface area contributed by atoms with Gasteiger partial charge in [0.05, 0.1) is 11.9 Å². The van der Waals surface area contributed by atoms with Crippen LogP contribution in [0, 0.1) is 0 Å². The van der Waals surface area contributed by atoms with Gasteiger partial charge in [0, 0.05) is 10.6 Å². The van der Waals surface area contributed by atoms with Crippen LogP contribution in [0.5, 0.6) is 11.5 Å². The zero-order chi connectivity index (χ0) is 18.2. The molecular formula is C20H17ClNO3P. The Morgan fingerprint density at radius 3 is 1.92 bits per heavy atom. The third-order valence-electron chi connectivity index (χ3n) is 3.46. The summed E-state index contributed by atoms with van der Waals surface area (Å²) in [7, 11) is -1.43. The molecule has 3 rings (SSSR count). The van der Waals surface area contributed by atoms with Crippen LogP contribution in [0.1, 0.15) is 5.56 Å². The normalized spacial score (nSPS) is 11.4. The molecule has 0 aliphatic carbocycles. The molecule has 0 amide bonds. The maximum atomic E-state index is 9.50. The maximum Gasteiger partial charge on any atom is 0.296 e. The molecule has 0 saturated heterocycles. The lowest BCUT2D eigenvalue weighted by Gasteiger charge is -2.19. The number of halogens is 1. The number of hydrogen-bond donors (Lipinski definition) is 1. The van der Waals surface area contributed by atoms with Gasteiger partial charge >= 0.3 is 0 Å². The highest BCUT2D eigenvalue weighted by Crippen LogP contribution is 2.41. The van der Waals surface area contributed by atoms with E-state index in [4.69, 9.17) is 20.6 Å². The summed E-state index contributed by atoms with van der Waals surface area (Å²) in [6.07, 6.45) is 0.302. The standard InChI is InChI=1S/C20H17ClNO3P/c21-17-9-7-8-16(14-17)20(22-23)15-26(24-18-10-3-1-4-11-18)25-19-12-5-2-6-13-19/h1-14,23H,15H2. The van der Waals surface area contributed by atoms with Gasteiger partial charge in [-0.15, -0.1) is 0 Å². The molecular weight excluding hydrogens is 369 g/mol. The molecule has 1 N–H and O–H groups in total. The van der Waals surface area contributed by atoms with Crippen molar-refractivity contribution in [3.63, 3.8) is 0 Å². The van der Waals surface area contributed by atoms with Crippen LogP contribution in [-0.4, -0.2) is 17.1 Å². The molecule has 0 fully saturated rings. The molecule has 0 aliphatic heterocycles. The summed E-state index contributed by atoms with van der Waals surface area (Å²) < 4.78 is 12.0. The fourth-order valence-electron chi connectivity index (χ4n) is 2.25. The highest BCUT2D eigenvalue weighted by atomic mass is 35.5. The molecule has 0 bridgehead atoms. The summed E-state index contributed by atoms with van der Waals surface area (Å²) >= 11 is 6.05. The van der Waals surface area contributed by atoms with Crippen molar-refractivity contribution in [1.29, 1.82) is 0 Å². The van der Waals surface area contributed by atoms with E-state index < -0.39 is 8.38 Å². The van der Waals surface area contributed by atoms with Crippen molar-refractivity contribution < 1.29 is 14.3 Å². The number of hydrogen-bond acceptors (Lipinski definition) is 4. The van der Waals surface area contributed by atoms with Crippen LogP contribution in [0.4, 0.5) is 0 Å². The first kappa shape index (κ1) is 18.2. The Balaban J connectivity index is 1.82. The Bertz CT molecular complexity index is 818. The Labute approximate surface area is 158 Å². The first-order chi connectivity index (χ1) is 12.7. The molecule has 0 heterocycles. The second-order valence-electron chi connectivity index (χ2n) is 5.36. The van der Waals surface area contributed by atoms with Gasteiger partial charge in [0.1, 0.15) is 11.5 Å². The zero-order valence-corrected chi connectivity index (χ0v) is 15.5. The van der Waals surface area contributed by atoms with Gasteiger partial charge in [-0.05, 0) is 36.4 Å². The van der Waals surface area contributed by atoms with E-state index in [-0.39, 0.29) is 0 Å². The number of oxime groups is 1. The molecule has 4 nitrogen and oxygen atoms in total. The van der Waals surface area contributed by atoms with Gasteiger partial charge in [-0.25, -0.2) is 0 Å². The molecule has 0 saturated carbocycles. The molecule has 0 aromatic heterocycles. The lowest BCUT2D eigenvalue weighted by atomic mass is 10.1. The van der Waals surface area contributed by atoms with Gasteiger partial charge in [0.2, 0.25) is 0 Å². The van der Waals surface area contributed by atoms with Crippen LogP contribution in [0.25, 0.3) is 0 Å². The predicted molar refractivity (Wildman–Crippen MR) is 106 cm³/mol. The van der Waals surface area contributed by atoms with E-state index in [1.54, 1.807) is 18.2 Å². The van der Waals surface area contributed by atoms with Crippen molar-refractivity contribution in [3.8, 4) is 11.5 Å². The van der Waals surface area contributed by atoms with E-state index in [0.29, 0.717) is 28.4 Å². The zero-order valence-electron chi connectivity index (χ0n) is 13.8. The summed E-state index contributed by atoms with van der Waals surface area (Å²) in [4.78, 5) is 0. The summed E-state index contributed by atoms with van der Waals surface area (Å²) in [6, 6.07) is 26.0. The lowest BCUT2D eigenvalue weighted by molar-refractivity contribution is 0.319. The number of rotatable bonds is 7.